The van der Waals surface area contributed by atoms with E-state index < -0.39 is 10.8 Å². The number of carbonyl (C=O) groups excluding carboxylic acids is 1. The molecule has 0 unspecified atom stereocenters. The molecule has 1 N–H and O–H groups in total. The van der Waals surface area contributed by atoms with Gasteiger partial charge in [0.2, 0.25) is 0 Å². The van der Waals surface area contributed by atoms with Gasteiger partial charge >= 0.3 is 0 Å². The molecule has 1 amide bonds. The number of amides is 1. The molecule has 0 saturated carbocycles. The van der Waals surface area contributed by atoms with Gasteiger partial charge in [-0.15, -0.1) is 0 Å². The summed E-state index contributed by atoms with van der Waals surface area (Å²) in [5, 5.41) is 13.4. The first-order chi connectivity index (χ1) is 9.88. The van der Waals surface area contributed by atoms with Gasteiger partial charge in [-0.3, -0.25) is 14.9 Å². The summed E-state index contributed by atoms with van der Waals surface area (Å²) in [5.41, 5.74) is 1.64. The first kappa shape index (κ1) is 15.7. The minimum Gasteiger partial charge on any atom is -0.322 e. The molecule has 5 nitrogen and oxygen atoms in total. The summed E-state index contributed by atoms with van der Waals surface area (Å²) in [6, 6.07) is 9.37. The number of non-ortho nitro benzene ring substituents is 1. The third kappa shape index (κ3) is 3.70. The van der Waals surface area contributed by atoms with Crippen molar-refractivity contribution < 1.29 is 9.72 Å². The molecule has 0 bridgehead atoms. The number of anilines is 1. The number of carbonyl (C=O) groups is 1. The lowest BCUT2D eigenvalue weighted by atomic mass is 10.1. The van der Waals surface area contributed by atoms with Crippen molar-refractivity contribution in [2.24, 2.45) is 0 Å². The minimum absolute atomic E-state index is 0.0462. The Bertz CT molecular complexity index is 734. The molecule has 0 aliphatic heterocycles. The quantitative estimate of drug-likeness (QED) is 0.457. The van der Waals surface area contributed by atoms with Crippen molar-refractivity contribution in [2.75, 3.05) is 5.32 Å². The van der Waals surface area contributed by atoms with E-state index >= 15 is 0 Å². The molecule has 2 aromatic rings. The van der Waals surface area contributed by atoms with Crippen LogP contribution < -0.4 is 5.32 Å². The van der Waals surface area contributed by atoms with Gasteiger partial charge in [-0.2, -0.15) is 0 Å². The molecule has 21 heavy (non-hydrogen) atoms. The molecular weight excluding hydrogens is 407 g/mol. The van der Waals surface area contributed by atoms with Crippen LogP contribution in [0.5, 0.6) is 0 Å². The Kier molecular flexibility index (Phi) is 4.79. The van der Waals surface area contributed by atoms with Crippen molar-refractivity contribution in [3.8, 4) is 0 Å². The highest BCUT2D eigenvalue weighted by Crippen LogP contribution is 2.24. The van der Waals surface area contributed by atoms with Crippen LogP contribution in [0.1, 0.15) is 15.9 Å². The fourth-order valence-electron chi connectivity index (χ4n) is 1.76. The number of aryl methyl sites for hydroxylation is 1. The smallest absolute Gasteiger partial charge is 0.270 e. The monoisotopic (exact) mass is 416 g/mol. The molecule has 2 rings (SSSR count). The number of benzene rings is 2. The van der Waals surface area contributed by atoms with E-state index in [0.29, 0.717) is 5.69 Å². The van der Waals surface area contributed by atoms with Crippen molar-refractivity contribution in [3.05, 3.63) is 66.2 Å². The Morgan fingerprint density at radius 1 is 1.29 bits per heavy atom. The van der Waals surface area contributed by atoms with Gasteiger partial charge < -0.3 is 5.32 Å². The predicted molar refractivity (Wildman–Crippen MR) is 90.0 cm³/mol. The van der Waals surface area contributed by atoms with E-state index in [1.54, 1.807) is 6.07 Å². The predicted octanol–water partition coefficient (Wildman–Crippen LogP) is 4.41. The number of rotatable bonds is 3. The third-order valence-electron chi connectivity index (χ3n) is 2.84. The molecule has 0 saturated heterocycles. The van der Waals surface area contributed by atoms with Gasteiger partial charge in [-0.05, 0) is 59.3 Å². The van der Waals surface area contributed by atoms with E-state index in [1.807, 2.05) is 19.1 Å². The van der Waals surface area contributed by atoms with E-state index in [4.69, 9.17) is 11.6 Å². The fraction of sp³-hybridized carbons (Fsp3) is 0.0714. The maximum absolute atomic E-state index is 12.2. The summed E-state index contributed by atoms with van der Waals surface area (Å²) in [6.07, 6.45) is 0. The van der Waals surface area contributed by atoms with Crippen LogP contribution >= 0.6 is 34.2 Å². The number of nitro benzene ring substituents is 1. The zero-order chi connectivity index (χ0) is 15.6. The van der Waals surface area contributed by atoms with Crippen LogP contribution in [0.2, 0.25) is 5.02 Å². The van der Waals surface area contributed by atoms with Crippen LogP contribution in [-0.4, -0.2) is 10.8 Å². The minimum atomic E-state index is -0.559. The summed E-state index contributed by atoms with van der Waals surface area (Å²) in [7, 11) is 0. The van der Waals surface area contributed by atoms with Gasteiger partial charge in [0.1, 0.15) is 0 Å². The summed E-state index contributed by atoms with van der Waals surface area (Å²) in [6.45, 7) is 1.88. The second kappa shape index (κ2) is 6.40. The molecule has 0 heterocycles. The molecular formula is C14H10ClIN2O3. The van der Waals surface area contributed by atoms with Gasteiger partial charge in [0.15, 0.2) is 0 Å². The lowest BCUT2D eigenvalue weighted by Crippen LogP contribution is -2.13. The zero-order valence-corrected chi connectivity index (χ0v) is 13.8. The Labute approximate surface area is 139 Å². The summed E-state index contributed by atoms with van der Waals surface area (Å²) in [5.74, 6) is -0.404. The lowest BCUT2D eigenvalue weighted by molar-refractivity contribution is -0.384. The zero-order valence-electron chi connectivity index (χ0n) is 10.9. The molecule has 108 valence electrons. The number of hydrogen-bond acceptors (Lipinski definition) is 3. The number of nitrogens with one attached hydrogen (secondary N) is 1. The van der Waals surface area contributed by atoms with Gasteiger partial charge in [0, 0.05) is 21.4 Å². The Balaban J connectivity index is 2.26. The van der Waals surface area contributed by atoms with Crippen LogP contribution in [0.4, 0.5) is 11.4 Å². The highest BCUT2D eigenvalue weighted by molar-refractivity contribution is 14.1. The highest BCUT2D eigenvalue weighted by Gasteiger charge is 2.15. The van der Waals surface area contributed by atoms with Crippen LogP contribution in [0.25, 0.3) is 0 Å². The Morgan fingerprint density at radius 3 is 2.57 bits per heavy atom. The number of nitrogens with zero attached hydrogens (tertiary/aromatic N) is 1. The van der Waals surface area contributed by atoms with E-state index in [-0.39, 0.29) is 16.3 Å². The van der Waals surface area contributed by atoms with E-state index in [0.717, 1.165) is 15.2 Å². The van der Waals surface area contributed by atoms with E-state index in [1.165, 1.54) is 12.1 Å². The van der Waals surface area contributed by atoms with Crippen molar-refractivity contribution in [2.45, 2.75) is 6.92 Å². The topological polar surface area (TPSA) is 72.2 Å². The maximum Gasteiger partial charge on any atom is 0.270 e. The third-order valence-corrected chi connectivity index (χ3v) is 3.83. The SMILES string of the molecule is Cc1cc(I)ccc1NC(=O)c1ccc([N+](=O)[O-])cc1Cl. The first-order valence-electron chi connectivity index (χ1n) is 5.90. The molecule has 0 aromatic heterocycles. The van der Waals surface area contributed by atoms with Gasteiger partial charge in [0.05, 0.1) is 15.5 Å². The molecule has 0 radical (unpaired) electrons. The van der Waals surface area contributed by atoms with E-state index in [9.17, 15) is 14.9 Å². The summed E-state index contributed by atoms with van der Waals surface area (Å²) in [4.78, 5) is 22.3. The second-order valence-corrected chi connectivity index (χ2v) is 5.99. The molecule has 0 fully saturated rings. The standard InChI is InChI=1S/C14H10ClIN2O3/c1-8-6-9(16)2-5-13(8)17-14(19)11-4-3-10(18(20)21)7-12(11)15/h2-7H,1H3,(H,17,19). The van der Waals surface area contributed by atoms with Crippen LogP contribution in [-0.2, 0) is 0 Å². The lowest BCUT2D eigenvalue weighted by Gasteiger charge is -2.09. The van der Waals surface area contributed by atoms with Gasteiger partial charge in [-0.25, -0.2) is 0 Å². The molecule has 0 atom stereocenters. The first-order valence-corrected chi connectivity index (χ1v) is 7.35. The van der Waals surface area contributed by atoms with Crippen molar-refractivity contribution >= 4 is 51.5 Å². The van der Waals surface area contributed by atoms with Crippen LogP contribution in [0.3, 0.4) is 0 Å². The van der Waals surface area contributed by atoms with Crippen LogP contribution in [0, 0.1) is 20.6 Å². The normalized spacial score (nSPS) is 10.2. The number of hydrogen-bond donors (Lipinski definition) is 1. The van der Waals surface area contributed by atoms with E-state index in [2.05, 4.69) is 27.9 Å². The molecule has 0 aliphatic carbocycles. The Hall–Kier alpha value is -1.67. The Morgan fingerprint density at radius 2 is 2.00 bits per heavy atom. The largest absolute Gasteiger partial charge is 0.322 e. The molecule has 0 spiro atoms. The average Bonchev–Trinajstić information content (AvgIpc) is 2.41. The molecule has 0 aliphatic rings. The van der Waals surface area contributed by atoms with Gasteiger partial charge in [0.25, 0.3) is 11.6 Å². The fourth-order valence-corrected chi connectivity index (χ4v) is 2.67. The average molecular weight is 417 g/mol. The highest BCUT2D eigenvalue weighted by atomic mass is 127. The summed E-state index contributed by atoms with van der Waals surface area (Å²) < 4.78 is 1.07. The van der Waals surface area contributed by atoms with Crippen molar-refractivity contribution in [1.29, 1.82) is 0 Å². The number of nitro groups is 1. The second-order valence-electron chi connectivity index (χ2n) is 4.33. The van der Waals surface area contributed by atoms with Crippen molar-refractivity contribution in [3.63, 3.8) is 0 Å². The van der Waals surface area contributed by atoms with Gasteiger partial charge in [-0.1, -0.05) is 11.6 Å². The van der Waals surface area contributed by atoms with Crippen molar-refractivity contribution in [1.82, 2.24) is 0 Å². The number of halogens is 2. The molecule has 2 aromatic carbocycles. The van der Waals surface area contributed by atoms with Crippen LogP contribution in [0.15, 0.2) is 36.4 Å². The molecule has 7 heteroatoms. The summed E-state index contributed by atoms with van der Waals surface area (Å²) >= 11 is 8.12. The maximum atomic E-state index is 12.2.